The van der Waals surface area contributed by atoms with Gasteiger partial charge in [-0.1, -0.05) is 60.1 Å². The lowest BCUT2D eigenvalue weighted by atomic mass is 9.33. The molecule has 0 spiro atoms. The van der Waals surface area contributed by atoms with Crippen LogP contribution in [0.25, 0.3) is 0 Å². The van der Waals surface area contributed by atoms with Gasteiger partial charge >= 0.3 is 5.97 Å². The van der Waals surface area contributed by atoms with Gasteiger partial charge in [0.05, 0.1) is 50.7 Å². The topological polar surface area (TPSA) is 452 Å². The van der Waals surface area contributed by atoms with E-state index in [0.717, 1.165) is 32.1 Å². The molecule has 0 amide bonds. The number of carbonyl (C=O) groups is 1. The Hall–Kier alpha value is -1.87. The molecule has 6 aliphatic heterocycles. The number of allylic oxidation sites excluding steroid dienone is 2. The Morgan fingerprint density at radius 1 is 0.489 bits per heavy atom. The molecular formula is C63H102O29. The molecule has 16 N–H and O–H groups in total. The van der Waals surface area contributed by atoms with Crippen LogP contribution in [0.1, 0.15) is 120 Å². The molecule has 29 heteroatoms. The summed E-state index contributed by atoms with van der Waals surface area (Å²) in [7, 11) is 0. The van der Waals surface area contributed by atoms with Crippen molar-refractivity contribution in [2.45, 2.75) is 292 Å². The van der Waals surface area contributed by atoms with Crippen LogP contribution in [0.15, 0.2) is 11.6 Å². The third-order valence-electron chi connectivity index (χ3n) is 24.5. The summed E-state index contributed by atoms with van der Waals surface area (Å²) in [5, 5.41) is 172. The quantitative estimate of drug-likeness (QED) is 0.0457. The minimum absolute atomic E-state index is 0.130. The Bertz CT molecular complexity index is 2580. The van der Waals surface area contributed by atoms with Crippen LogP contribution < -0.4 is 0 Å². The second kappa shape index (κ2) is 26.7. The largest absolute Gasteiger partial charge is 0.432 e. The Kier molecular flexibility index (Phi) is 20.7. The van der Waals surface area contributed by atoms with Crippen LogP contribution in [0, 0.1) is 50.2 Å². The Labute approximate surface area is 534 Å². The van der Waals surface area contributed by atoms with Gasteiger partial charge in [-0.2, -0.15) is 0 Å². The maximum atomic E-state index is 15.2. The molecule has 528 valence electrons. The average Bonchev–Trinajstić information content (AvgIpc) is 0.677. The first-order chi connectivity index (χ1) is 43.2. The summed E-state index contributed by atoms with van der Waals surface area (Å²) in [4.78, 5) is 15.2. The second-order valence-electron chi connectivity index (χ2n) is 30.5. The van der Waals surface area contributed by atoms with Crippen molar-refractivity contribution in [3.05, 3.63) is 11.6 Å². The molecule has 0 radical (unpaired) electrons. The number of rotatable bonds is 14. The zero-order valence-corrected chi connectivity index (χ0v) is 53.5. The van der Waals surface area contributed by atoms with Gasteiger partial charge in [0.25, 0.3) is 0 Å². The summed E-state index contributed by atoms with van der Waals surface area (Å²) >= 11 is 0. The van der Waals surface area contributed by atoms with Gasteiger partial charge in [-0.05, 0) is 116 Å². The monoisotopic (exact) mass is 1320 g/mol. The van der Waals surface area contributed by atoms with Crippen molar-refractivity contribution in [1.82, 2.24) is 0 Å². The lowest BCUT2D eigenvalue weighted by Gasteiger charge is -2.71. The smallest absolute Gasteiger partial charge is 0.315 e. The highest BCUT2D eigenvalue weighted by Gasteiger charge is 2.70. The van der Waals surface area contributed by atoms with E-state index in [-0.39, 0.29) is 52.1 Å². The lowest BCUT2D eigenvalue weighted by molar-refractivity contribution is -0.372. The Balaban J connectivity index is 0.715. The maximum absolute atomic E-state index is 15.2. The van der Waals surface area contributed by atoms with Gasteiger partial charge in [-0.15, -0.1) is 0 Å². The van der Waals surface area contributed by atoms with Gasteiger partial charge in [0.1, 0.15) is 122 Å². The minimum Gasteiger partial charge on any atom is -0.432 e. The first-order valence-electron chi connectivity index (χ1n) is 32.9. The average molecular weight is 1320 g/mol. The first-order valence-corrected chi connectivity index (χ1v) is 32.9. The van der Waals surface area contributed by atoms with Crippen LogP contribution in [-0.4, -0.2) is 293 Å². The van der Waals surface area contributed by atoms with Crippen LogP contribution in [0.4, 0.5) is 0 Å². The minimum atomic E-state index is -1.90. The first kappa shape index (κ1) is 71.4. The van der Waals surface area contributed by atoms with E-state index in [2.05, 4.69) is 54.5 Å². The zero-order valence-electron chi connectivity index (χ0n) is 53.5. The van der Waals surface area contributed by atoms with E-state index in [9.17, 15) is 81.7 Å². The lowest BCUT2D eigenvalue weighted by Crippen LogP contribution is -2.66. The number of aliphatic hydroxyl groups is 16. The fraction of sp³-hybridized carbons (Fsp3) is 0.952. The summed E-state index contributed by atoms with van der Waals surface area (Å²) < 4.78 is 70.4. The molecule has 0 aromatic carbocycles. The molecule has 0 aromatic rings. The Morgan fingerprint density at radius 2 is 0.967 bits per heavy atom. The van der Waals surface area contributed by atoms with Crippen molar-refractivity contribution < 1.29 is 143 Å². The fourth-order valence-electron chi connectivity index (χ4n) is 18.5. The molecular weight excluding hydrogens is 1220 g/mol. The summed E-state index contributed by atoms with van der Waals surface area (Å²) in [6, 6.07) is 0. The number of hydrogen-bond acceptors (Lipinski definition) is 29. The number of carbonyl (C=O) groups excluding carboxylic acids is 1. The van der Waals surface area contributed by atoms with Gasteiger partial charge in [-0.3, -0.25) is 4.79 Å². The van der Waals surface area contributed by atoms with Gasteiger partial charge in [0, 0.05) is 0 Å². The van der Waals surface area contributed by atoms with Crippen LogP contribution in [0.3, 0.4) is 0 Å². The van der Waals surface area contributed by atoms with Crippen molar-refractivity contribution >= 4 is 5.97 Å². The second-order valence-corrected chi connectivity index (χ2v) is 30.5. The summed E-state index contributed by atoms with van der Waals surface area (Å²) in [5.41, 5.74) is -0.956. The van der Waals surface area contributed by atoms with E-state index >= 15 is 4.79 Å². The van der Waals surface area contributed by atoms with E-state index in [4.69, 9.17) is 56.8 Å². The standard InChI is InChI=1S/C63H102O29/c1-25-36(66)50(91-52-45(75)40(70)31(23-82-52)88-55-48(78)43(73)38(68)29(21-65)86-55)49(79)56(84-25)89-32-24-83-53(46(76)41(32)71)92-57(80)63-17-15-58(2,3)19-27(63)26-9-10-34-60(6)13-12-35(59(4,5)33(60)11-14-62(34,8)61(26,7)16-18-63)90-51-44(74)39(69)30(22-81-51)87-54-47(77)42(72)37(67)28(20-64)85-54/h9,25,27-56,64-79H,10-24H2,1-8H3/t25-,27?,28+,29+,30-,31+,32-,33?,34?,35-,36-,37+,38+,39-,40-,41-,42-,43-,44+,45+,46+,47+,48+,49+,50?,51-,52-,53+,54-,55+,56-,60-,61?,62+,63-/m0/s1. The maximum Gasteiger partial charge on any atom is 0.315 e. The molecule has 92 heavy (non-hydrogen) atoms. The van der Waals surface area contributed by atoms with Crippen LogP contribution in [-0.2, 0) is 61.6 Å². The van der Waals surface area contributed by atoms with Gasteiger partial charge in [0.15, 0.2) is 31.5 Å². The summed E-state index contributed by atoms with van der Waals surface area (Å²) in [5.74, 6) is -0.325. The highest BCUT2D eigenvalue weighted by molar-refractivity contribution is 5.79. The highest BCUT2D eigenvalue weighted by Crippen LogP contribution is 2.76. The third-order valence-corrected chi connectivity index (χ3v) is 24.5. The molecule has 5 unspecified atom stereocenters. The van der Waals surface area contributed by atoms with E-state index in [0.29, 0.717) is 32.1 Å². The third kappa shape index (κ3) is 12.2. The summed E-state index contributed by atoms with van der Waals surface area (Å²) in [6.07, 6.45) is -33.5. The molecule has 10 fully saturated rings. The SMILES string of the molecule is C[C@@H]1O[C@@H](O[C@H]2CO[C@H](OC(=O)[C@]34CCC(C)(C)CC3C3=CCC5[C@@]6(C)CC[C@H](O[C@@H]7OC[C@H](O[C@@H]8O[C@H](CO)[C@@H](O)[C@H](O)[C@H]8O)[C@H](O)[C@H]7O)C(C)(C)C6CC[C@@]5(C)C3(C)CC4)[C@H](O)[C@H]2O)[C@H](O)C(O[C@@H]2OC[C@@H](O[C@H]3O[C@H](CO)[C@@H](O)[C@H](O)[C@H]3O)[C@H](O)[C@H]2O)[C@H]1O. The van der Waals surface area contributed by atoms with Crippen molar-refractivity contribution in [2.24, 2.45) is 50.2 Å². The van der Waals surface area contributed by atoms with Crippen LogP contribution in [0.5, 0.6) is 0 Å². The molecule has 0 aromatic heterocycles. The number of esters is 1. The van der Waals surface area contributed by atoms with E-state index in [1.54, 1.807) is 0 Å². The van der Waals surface area contributed by atoms with E-state index in [1.165, 1.54) is 12.5 Å². The van der Waals surface area contributed by atoms with Gasteiger partial charge in [-0.25, -0.2) is 0 Å². The fourth-order valence-corrected chi connectivity index (χ4v) is 18.5. The predicted molar refractivity (Wildman–Crippen MR) is 309 cm³/mol. The molecule has 5 aliphatic carbocycles. The van der Waals surface area contributed by atoms with E-state index < -0.39 is 209 Å². The molecule has 0 bridgehead atoms. The highest BCUT2D eigenvalue weighted by atomic mass is 16.8. The molecule has 6 saturated heterocycles. The number of hydrogen-bond donors (Lipinski definition) is 16. The molecule has 6 heterocycles. The van der Waals surface area contributed by atoms with Crippen molar-refractivity contribution in [1.29, 1.82) is 0 Å². The number of fused-ring (bicyclic) bond motifs is 7. The molecule has 4 saturated carbocycles. The zero-order chi connectivity index (χ0) is 66.9. The van der Waals surface area contributed by atoms with Crippen molar-refractivity contribution in [3.8, 4) is 0 Å². The number of ether oxygens (including phenoxy) is 12. The van der Waals surface area contributed by atoms with Crippen molar-refractivity contribution in [3.63, 3.8) is 0 Å². The molecule has 29 nitrogen and oxygen atoms in total. The van der Waals surface area contributed by atoms with Gasteiger partial charge in [0.2, 0.25) is 6.29 Å². The summed E-state index contributed by atoms with van der Waals surface area (Å²) in [6.45, 7) is 14.9. The number of aliphatic hydroxyl groups excluding tert-OH is 16. The normalized spacial score (nSPS) is 54.3. The van der Waals surface area contributed by atoms with Crippen LogP contribution >= 0.6 is 0 Å². The molecule has 11 rings (SSSR count). The predicted octanol–water partition coefficient (Wildman–Crippen LogP) is -3.44. The molecule has 35 atom stereocenters. The van der Waals surface area contributed by atoms with Gasteiger partial charge < -0.3 is 139 Å². The van der Waals surface area contributed by atoms with E-state index in [1.807, 2.05) is 0 Å². The van der Waals surface area contributed by atoms with Crippen molar-refractivity contribution in [2.75, 3.05) is 33.0 Å². The molecule has 11 aliphatic rings. The van der Waals surface area contributed by atoms with Crippen LogP contribution in [0.2, 0.25) is 0 Å². The Morgan fingerprint density at radius 3 is 1.50 bits per heavy atom.